The number of primary amides is 1. The minimum Gasteiger partial charge on any atom is -0.465 e. The molecule has 2 amide bonds. The van der Waals surface area contributed by atoms with Gasteiger partial charge in [-0.1, -0.05) is 46.5 Å². The summed E-state index contributed by atoms with van der Waals surface area (Å²) in [6.45, 7) is 6.25. The molecule has 6 heteroatoms. The molecule has 0 heterocycles. The molecule has 0 saturated carbocycles. The van der Waals surface area contributed by atoms with Gasteiger partial charge in [0.1, 0.15) is 6.04 Å². The highest BCUT2D eigenvalue weighted by Gasteiger charge is 2.22. The van der Waals surface area contributed by atoms with Crippen LogP contribution in [-0.4, -0.2) is 30.4 Å². The van der Waals surface area contributed by atoms with Crippen LogP contribution in [0.15, 0.2) is 0 Å². The van der Waals surface area contributed by atoms with Crippen molar-refractivity contribution in [1.82, 2.24) is 5.32 Å². The zero-order valence-electron chi connectivity index (χ0n) is 14.0. The van der Waals surface area contributed by atoms with Crippen molar-refractivity contribution in [3.63, 3.8) is 0 Å². The van der Waals surface area contributed by atoms with Crippen molar-refractivity contribution in [2.75, 3.05) is 6.61 Å². The van der Waals surface area contributed by atoms with Gasteiger partial charge in [-0.05, 0) is 12.3 Å². The fourth-order valence-electron chi connectivity index (χ4n) is 1.86. The van der Waals surface area contributed by atoms with Crippen LogP contribution in [-0.2, 0) is 19.1 Å². The van der Waals surface area contributed by atoms with Crippen molar-refractivity contribution >= 4 is 17.8 Å². The van der Waals surface area contributed by atoms with Gasteiger partial charge in [-0.2, -0.15) is 0 Å². The Hall–Kier alpha value is -1.59. The van der Waals surface area contributed by atoms with Gasteiger partial charge >= 0.3 is 5.97 Å². The smallest absolute Gasteiger partial charge is 0.308 e. The van der Waals surface area contributed by atoms with E-state index in [0.29, 0.717) is 6.42 Å². The largest absolute Gasteiger partial charge is 0.465 e. The van der Waals surface area contributed by atoms with E-state index in [1.807, 2.05) is 13.8 Å². The Kier molecular flexibility index (Phi) is 11.1. The average molecular weight is 314 g/mol. The van der Waals surface area contributed by atoms with Crippen LogP contribution in [0, 0.1) is 5.92 Å². The second kappa shape index (κ2) is 12.0. The molecule has 0 aliphatic heterocycles. The monoisotopic (exact) mass is 314 g/mol. The molecule has 0 bridgehead atoms. The van der Waals surface area contributed by atoms with Crippen molar-refractivity contribution < 1.29 is 19.1 Å². The van der Waals surface area contributed by atoms with E-state index >= 15 is 0 Å². The second-order valence-corrected chi connectivity index (χ2v) is 5.97. The predicted molar refractivity (Wildman–Crippen MR) is 84.9 cm³/mol. The van der Waals surface area contributed by atoms with Crippen molar-refractivity contribution in [3.8, 4) is 0 Å². The van der Waals surface area contributed by atoms with Gasteiger partial charge in [0.2, 0.25) is 11.8 Å². The number of hydrogen-bond acceptors (Lipinski definition) is 4. The van der Waals surface area contributed by atoms with Crippen LogP contribution in [0.25, 0.3) is 0 Å². The molecule has 0 aromatic carbocycles. The van der Waals surface area contributed by atoms with Crippen LogP contribution in [0.4, 0.5) is 0 Å². The lowest BCUT2D eigenvalue weighted by Gasteiger charge is -2.15. The summed E-state index contributed by atoms with van der Waals surface area (Å²) < 4.78 is 4.99. The minimum absolute atomic E-state index is 0.216. The number of amides is 2. The quantitative estimate of drug-likeness (QED) is 0.424. The molecule has 0 spiro atoms. The van der Waals surface area contributed by atoms with Crippen molar-refractivity contribution in [3.05, 3.63) is 0 Å². The number of rotatable bonds is 12. The van der Waals surface area contributed by atoms with E-state index < -0.39 is 17.9 Å². The molecule has 0 aromatic rings. The van der Waals surface area contributed by atoms with Gasteiger partial charge in [0.05, 0.1) is 13.0 Å². The van der Waals surface area contributed by atoms with Crippen LogP contribution >= 0.6 is 0 Å². The molecule has 1 atom stereocenters. The summed E-state index contributed by atoms with van der Waals surface area (Å²) in [5, 5.41) is 2.51. The van der Waals surface area contributed by atoms with Crippen molar-refractivity contribution in [2.45, 2.75) is 71.8 Å². The normalized spacial score (nSPS) is 12.0. The molecule has 0 aliphatic rings. The van der Waals surface area contributed by atoms with E-state index in [9.17, 15) is 14.4 Å². The number of nitrogens with one attached hydrogen (secondary N) is 1. The number of hydrogen-bond donors (Lipinski definition) is 2. The van der Waals surface area contributed by atoms with Gasteiger partial charge in [0.25, 0.3) is 0 Å². The molecular formula is C16H30N2O4. The summed E-state index contributed by atoms with van der Waals surface area (Å²) in [6, 6.07) is -0.997. The maximum absolute atomic E-state index is 11.8. The Labute approximate surface area is 133 Å². The predicted octanol–water partition coefficient (Wildman–Crippen LogP) is 1.91. The van der Waals surface area contributed by atoms with E-state index in [-0.39, 0.29) is 24.9 Å². The molecule has 0 aromatic heterocycles. The highest BCUT2D eigenvalue weighted by Crippen LogP contribution is 2.05. The third-order valence-electron chi connectivity index (χ3n) is 3.13. The lowest BCUT2D eigenvalue weighted by Crippen LogP contribution is -2.45. The maximum Gasteiger partial charge on any atom is 0.308 e. The van der Waals surface area contributed by atoms with E-state index in [2.05, 4.69) is 12.2 Å². The van der Waals surface area contributed by atoms with E-state index in [1.54, 1.807) is 0 Å². The van der Waals surface area contributed by atoms with Crippen LogP contribution in [0.5, 0.6) is 0 Å². The van der Waals surface area contributed by atoms with Crippen LogP contribution < -0.4 is 11.1 Å². The third kappa shape index (κ3) is 11.1. The molecule has 0 aliphatic carbocycles. The Bertz CT molecular complexity index is 356. The summed E-state index contributed by atoms with van der Waals surface area (Å²) >= 11 is 0. The molecule has 6 nitrogen and oxygen atoms in total. The number of ether oxygens (including phenoxy) is 1. The Morgan fingerprint density at radius 2 is 1.73 bits per heavy atom. The maximum atomic E-state index is 11.8. The zero-order valence-corrected chi connectivity index (χ0v) is 14.0. The minimum atomic E-state index is -0.997. The fourth-order valence-corrected chi connectivity index (χ4v) is 1.86. The van der Waals surface area contributed by atoms with Crippen LogP contribution in [0.1, 0.15) is 65.7 Å². The van der Waals surface area contributed by atoms with Gasteiger partial charge in [-0.25, -0.2) is 0 Å². The zero-order chi connectivity index (χ0) is 17.0. The van der Waals surface area contributed by atoms with Gasteiger partial charge < -0.3 is 15.8 Å². The van der Waals surface area contributed by atoms with Gasteiger partial charge in [0.15, 0.2) is 0 Å². The number of nitrogens with two attached hydrogens (primary N) is 1. The summed E-state index contributed by atoms with van der Waals surface area (Å²) in [4.78, 5) is 34.7. The number of esters is 1. The Morgan fingerprint density at radius 3 is 2.27 bits per heavy atom. The molecular weight excluding hydrogens is 284 g/mol. The van der Waals surface area contributed by atoms with E-state index in [1.165, 1.54) is 0 Å². The third-order valence-corrected chi connectivity index (χ3v) is 3.13. The highest BCUT2D eigenvalue weighted by molar-refractivity contribution is 5.89. The number of unbranched alkanes of at least 4 members (excludes halogenated alkanes) is 4. The van der Waals surface area contributed by atoms with Gasteiger partial charge in [0, 0.05) is 6.42 Å². The topological polar surface area (TPSA) is 98.5 Å². The molecule has 0 fully saturated rings. The van der Waals surface area contributed by atoms with Crippen LogP contribution in [0.3, 0.4) is 0 Å². The molecule has 1 unspecified atom stereocenters. The van der Waals surface area contributed by atoms with Crippen molar-refractivity contribution in [2.24, 2.45) is 11.7 Å². The standard InChI is InChI=1S/C16H30N2O4/c1-4-5-6-7-8-9-14(19)18-13(16(17)21)10-15(20)22-11-12(2)3/h12-13H,4-11H2,1-3H3,(H2,17,21)(H,18,19). The molecule has 22 heavy (non-hydrogen) atoms. The highest BCUT2D eigenvalue weighted by atomic mass is 16.5. The number of carbonyl (C=O) groups excluding carboxylic acids is 3. The summed E-state index contributed by atoms with van der Waals surface area (Å²) in [6.07, 6.45) is 5.29. The van der Waals surface area contributed by atoms with E-state index in [0.717, 1.165) is 32.1 Å². The molecule has 128 valence electrons. The second-order valence-electron chi connectivity index (χ2n) is 5.97. The molecule has 0 radical (unpaired) electrons. The summed E-state index contributed by atoms with van der Waals surface area (Å²) in [5.74, 6) is -1.28. The lowest BCUT2D eigenvalue weighted by atomic mass is 10.1. The average Bonchev–Trinajstić information content (AvgIpc) is 2.44. The van der Waals surface area contributed by atoms with Crippen molar-refractivity contribution in [1.29, 1.82) is 0 Å². The first-order chi connectivity index (χ1) is 10.4. The SMILES string of the molecule is CCCCCCCC(=O)NC(CC(=O)OCC(C)C)C(N)=O. The number of carbonyl (C=O) groups is 3. The molecule has 3 N–H and O–H groups in total. The summed E-state index contributed by atoms with van der Waals surface area (Å²) in [7, 11) is 0. The first-order valence-corrected chi connectivity index (χ1v) is 8.11. The van der Waals surface area contributed by atoms with Gasteiger partial charge in [-0.15, -0.1) is 0 Å². The molecule has 0 rings (SSSR count). The first-order valence-electron chi connectivity index (χ1n) is 8.11. The van der Waals surface area contributed by atoms with E-state index in [4.69, 9.17) is 10.5 Å². The summed E-state index contributed by atoms with van der Waals surface area (Å²) in [5.41, 5.74) is 5.22. The van der Waals surface area contributed by atoms with Gasteiger partial charge in [-0.3, -0.25) is 14.4 Å². The Morgan fingerprint density at radius 1 is 1.09 bits per heavy atom. The fraction of sp³-hybridized carbons (Fsp3) is 0.812. The lowest BCUT2D eigenvalue weighted by molar-refractivity contribution is -0.146. The van der Waals surface area contributed by atoms with Crippen LogP contribution in [0.2, 0.25) is 0 Å². The first kappa shape index (κ1) is 20.4. The molecule has 0 saturated heterocycles. The Balaban J connectivity index is 4.09.